The van der Waals surface area contributed by atoms with Gasteiger partial charge in [-0.2, -0.15) is 13.2 Å². The van der Waals surface area contributed by atoms with Gasteiger partial charge in [0.1, 0.15) is 0 Å². The molecule has 7 heteroatoms. The predicted octanol–water partition coefficient (Wildman–Crippen LogP) is 5.18. The lowest BCUT2D eigenvalue weighted by Crippen LogP contribution is -2.09. The molecule has 0 saturated carbocycles. The van der Waals surface area contributed by atoms with Gasteiger partial charge in [0.2, 0.25) is 0 Å². The maximum Gasteiger partial charge on any atom is 0.417 e. The first kappa shape index (κ1) is 18.9. The minimum atomic E-state index is -4.47. The molecule has 132 valence electrons. The van der Waals surface area contributed by atoms with Crippen LogP contribution in [-0.4, -0.2) is 21.7 Å². The largest absolute Gasteiger partial charge is 0.417 e. The van der Waals surface area contributed by atoms with Crippen LogP contribution >= 0.6 is 11.6 Å². The first-order valence-corrected chi connectivity index (χ1v) is 8.43. The number of aliphatic hydroxyl groups excluding tert-OH is 1. The van der Waals surface area contributed by atoms with Crippen LogP contribution in [-0.2, 0) is 12.6 Å². The van der Waals surface area contributed by atoms with Crippen LogP contribution in [0.4, 0.5) is 13.2 Å². The molecule has 24 heavy (non-hydrogen) atoms. The van der Waals surface area contributed by atoms with E-state index in [1.165, 1.54) is 12.3 Å². The highest BCUT2D eigenvalue weighted by molar-refractivity contribution is 6.31. The van der Waals surface area contributed by atoms with Gasteiger partial charge in [0.25, 0.3) is 0 Å². The Morgan fingerprint density at radius 1 is 1.00 bits per heavy atom. The molecule has 0 unspecified atom stereocenters. The van der Waals surface area contributed by atoms with Crippen LogP contribution < -0.4 is 0 Å². The van der Waals surface area contributed by atoms with E-state index in [9.17, 15) is 13.2 Å². The van der Waals surface area contributed by atoms with Crippen LogP contribution in [0.3, 0.4) is 0 Å². The van der Waals surface area contributed by atoms with Gasteiger partial charge in [-0.25, -0.2) is 9.97 Å². The molecule has 0 amide bonds. The van der Waals surface area contributed by atoms with E-state index in [0.717, 1.165) is 44.6 Å². The van der Waals surface area contributed by atoms with E-state index >= 15 is 0 Å². The Morgan fingerprint density at radius 2 is 1.67 bits per heavy atom. The van der Waals surface area contributed by atoms with Gasteiger partial charge in [-0.05, 0) is 31.4 Å². The maximum atomic E-state index is 13.3. The Labute approximate surface area is 143 Å². The van der Waals surface area contributed by atoms with Gasteiger partial charge in [-0.1, -0.05) is 37.3 Å². The maximum absolute atomic E-state index is 13.3. The quantitative estimate of drug-likeness (QED) is 0.660. The number of hydrogen-bond acceptors (Lipinski definition) is 3. The van der Waals surface area contributed by atoms with Crippen LogP contribution in [0.25, 0.3) is 11.0 Å². The normalized spacial score (nSPS) is 12.0. The molecule has 0 fully saturated rings. The molecule has 0 aromatic carbocycles. The fraction of sp³-hybridized carbons (Fsp3) is 0.529. The van der Waals surface area contributed by atoms with E-state index in [0.29, 0.717) is 12.1 Å². The number of aromatic nitrogens is 2. The number of aryl methyl sites for hydroxylation is 1. The molecule has 0 aliphatic rings. The van der Waals surface area contributed by atoms with Crippen molar-refractivity contribution in [2.45, 2.75) is 51.1 Å². The Kier molecular flexibility index (Phi) is 6.80. The lowest BCUT2D eigenvalue weighted by molar-refractivity contribution is -0.136. The smallest absolute Gasteiger partial charge is 0.396 e. The van der Waals surface area contributed by atoms with Gasteiger partial charge >= 0.3 is 6.18 Å². The summed E-state index contributed by atoms with van der Waals surface area (Å²) in [7, 11) is 0. The van der Waals surface area contributed by atoms with Gasteiger partial charge in [0, 0.05) is 23.9 Å². The highest BCUT2D eigenvalue weighted by Gasteiger charge is 2.33. The summed E-state index contributed by atoms with van der Waals surface area (Å²) < 4.78 is 39.8. The van der Waals surface area contributed by atoms with Gasteiger partial charge in [-0.15, -0.1) is 0 Å². The molecule has 2 aromatic heterocycles. The van der Waals surface area contributed by atoms with E-state index in [-0.39, 0.29) is 22.7 Å². The first-order chi connectivity index (χ1) is 11.4. The summed E-state index contributed by atoms with van der Waals surface area (Å²) in [5, 5.41) is 8.79. The van der Waals surface area contributed by atoms with E-state index < -0.39 is 11.7 Å². The van der Waals surface area contributed by atoms with Gasteiger partial charge in [-0.3, -0.25) is 0 Å². The summed E-state index contributed by atoms with van der Waals surface area (Å²) in [6.07, 6.45) is 2.86. The third-order valence-electron chi connectivity index (χ3n) is 3.83. The van der Waals surface area contributed by atoms with Crippen LogP contribution in [0, 0.1) is 0 Å². The first-order valence-electron chi connectivity index (χ1n) is 8.05. The molecule has 0 atom stereocenters. The standard InChI is InChI=1S/C17H20ClF3N2O/c18-12-9-14-15(17(19,20)21)10-13(23-16(14)22-11-12)7-5-3-1-2-4-6-8-24/h9-11,24H,1-8H2. The predicted molar refractivity (Wildman–Crippen MR) is 88.0 cm³/mol. The molecular weight excluding hydrogens is 341 g/mol. The van der Waals surface area contributed by atoms with Crippen molar-refractivity contribution in [2.24, 2.45) is 0 Å². The molecule has 3 nitrogen and oxygen atoms in total. The van der Waals surface area contributed by atoms with Crippen LogP contribution in [0.1, 0.15) is 49.8 Å². The molecule has 0 bridgehead atoms. The topological polar surface area (TPSA) is 46.0 Å². The third-order valence-corrected chi connectivity index (χ3v) is 4.04. The molecule has 0 radical (unpaired) electrons. The number of nitrogens with zero attached hydrogens (tertiary/aromatic N) is 2. The van der Waals surface area contributed by atoms with Crippen molar-refractivity contribution in [1.29, 1.82) is 0 Å². The highest BCUT2D eigenvalue weighted by Crippen LogP contribution is 2.35. The Morgan fingerprint density at radius 3 is 2.33 bits per heavy atom. The van der Waals surface area contributed by atoms with E-state index in [1.54, 1.807) is 0 Å². The molecule has 2 rings (SSSR count). The minimum absolute atomic E-state index is 0.0669. The number of fused-ring (bicyclic) bond motifs is 1. The number of rotatable bonds is 8. The summed E-state index contributed by atoms with van der Waals surface area (Å²) in [6, 6.07) is 2.36. The van der Waals surface area contributed by atoms with Crippen molar-refractivity contribution in [3.63, 3.8) is 0 Å². The third kappa shape index (κ3) is 5.31. The van der Waals surface area contributed by atoms with Crippen molar-refractivity contribution in [3.05, 3.63) is 34.6 Å². The Bertz CT molecular complexity index is 677. The zero-order valence-electron chi connectivity index (χ0n) is 13.2. The molecule has 0 aliphatic carbocycles. The molecule has 1 N–H and O–H groups in total. The van der Waals surface area contributed by atoms with Crippen LogP contribution in [0.2, 0.25) is 5.02 Å². The van der Waals surface area contributed by atoms with Crippen molar-refractivity contribution in [3.8, 4) is 0 Å². The highest BCUT2D eigenvalue weighted by atomic mass is 35.5. The molecule has 0 spiro atoms. The summed E-state index contributed by atoms with van der Waals surface area (Å²) in [4.78, 5) is 8.16. The average molecular weight is 361 g/mol. The summed E-state index contributed by atoms with van der Waals surface area (Å²) in [5.74, 6) is 0. The van der Waals surface area contributed by atoms with E-state index in [4.69, 9.17) is 16.7 Å². The monoisotopic (exact) mass is 360 g/mol. The minimum Gasteiger partial charge on any atom is -0.396 e. The van der Waals surface area contributed by atoms with Crippen LogP contribution in [0.5, 0.6) is 0 Å². The fourth-order valence-electron chi connectivity index (χ4n) is 2.62. The molecular formula is C17H20ClF3N2O. The van der Waals surface area contributed by atoms with Gasteiger partial charge in [0.05, 0.1) is 10.6 Å². The van der Waals surface area contributed by atoms with Crippen LogP contribution in [0.15, 0.2) is 18.3 Å². The second-order valence-electron chi connectivity index (χ2n) is 5.78. The zero-order valence-corrected chi connectivity index (χ0v) is 14.0. The average Bonchev–Trinajstić information content (AvgIpc) is 2.52. The SMILES string of the molecule is OCCCCCCCCc1cc(C(F)(F)F)c2cc(Cl)cnc2n1. The van der Waals surface area contributed by atoms with Crippen molar-refractivity contribution in [1.82, 2.24) is 9.97 Å². The summed E-state index contributed by atoms with van der Waals surface area (Å²) in [6.45, 7) is 0.207. The number of aliphatic hydroxyl groups is 1. The van der Waals surface area contributed by atoms with E-state index in [1.807, 2.05) is 0 Å². The second-order valence-corrected chi connectivity index (χ2v) is 6.21. The van der Waals surface area contributed by atoms with Crippen molar-refractivity contribution >= 4 is 22.6 Å². The van der Waals surface area contributed by atoms with E-state index in [2.05, 4.69) is 9.97 Å². The summed E-state index contributed by atoms with van der Waals surface area (Å²) in [5.41, 5.74) is -0.257. The number of alkyl halides is 3. The molecule has 2 aromatic rings. The van der Waals surface area contributed by atoms with Crippen molar-refractivity contribution < 1.29 is 18.3 Å². The molecule has 0 saturated heterocycles. The number of unbranched alkanes of at least 4 members (excludes halogenated alkanes) is 5. The fourth-order valence-corrected chi connectivity index (χ4v) is 2.78. The zero-order chi connectivity index (χ0) is 17.6. The number of pyridine rings is 2. The Balaban J connectivity index is 2.07. The molecule has 0 aliphatic heterocycles. The summed E-state index contributed by atoms with van der Waals surface area (Å²) >= 11 is 5.76. The lowest BCUT2D eigenvalue weighted by Gasteiger charge is -2.12. The lowest BCUT2D eigenvalue weighted by atomic mass is 10.0. The van der Waals surface area contributed by atoms with Crippen molar-refractivity contribution in [2.75, 3.05) is 6.61 Å². The second kappa shape index (κ2) is 8.62. The van der Waals surface area contributed by atoms with Gasteiger partial charge < -0.3 is 5.11 Å². The number of halogens is 4. The number of hydrogen-bond donors (Lipinski definition) is 1. The van der Waals surface area contributed by atoms with Gasteiger partial charge in [0.15, 0.2) is 5.65 Å². The Hall–Kier alpha value is -1.40. The molecule has 2 heterocycles.